The zero-order valence-electron chi connectivity index (χ0n) is 15.7. The van der Waals surface area contributed by atoms with Crippen LogP contribution in [-0.4, -0.2) is 29.0 Å². The Bertz CT molecular complexity index is 928. The minimum Gasteiger partial charge on any atom is -0.497 e. The Hall–Kier alpha value is -2.80. The van der Waals surface area contributed by atoms with Gasteiger partial charge in [-0.05, 0) is 56.2 Å². The molecule has 1 heterocycles. The first-order chi connectivity index (χ1) is 13.0. The number of hydrogen-bond acceptors (Lipinski definition) is 6. The molecule has 0 unspecified atom stereocenters. The van der Waals surface area contributed by atoms with Gasteiger partial charge in [0, 0.05) is 11.3 Å². The summed E-state index contributed by atoms with van der Waals surface area (Å²) in [7, 11) is 1.61. The van der Waals surface area contributed by atoms with Crippen molar-refractivity contribution in [3.63, 3.8) is 0 Å². The van der Waals surface area contributed by atoms with E-state index in [9.17, 15) is 4.79 Å². The highest BCUT2D eigenvalue weighted by Crippen LogP contribution is 2.26. The Morgan fingerprint density at radius 3 is 2.41 bits per heavy atom. The van der Waals surface area contributed by atoms with E-state index in [0.29, 0.717) is 11.1 Å². The number of aromatic nitrogens is 2. The fraction of sp³-hybridized carbons (Fsp3) is 0.250. The first-order valence-electron chi connectivity index (χ1n) is 8.44. The van der Waals surface area contributed by atoms with Gasteiger partial charge in [-0.1, -0.05) is 29.5 Å². The van der Waals surface area contributed by atoms with Crippen molar-refractivity contribution in [1.82, 2.24) is 10.2 Å². The molecule has 6 nitrogen and oxygen atoms in total. The number of hydrogen-bond donors (Lipinski definition) is 1. The molecule has 0 fully saturated rings. The number of aryl methyl sites for hydroxylation is 3. The molecule has 0 aliphatic carbocycles. The molecule has 7 heteroatoms. The lowest BCUT2D eigenvalue weighted by atomic mass is 10.1. The number of carbonyl (C=O) groups is 1. The normalized spacial score (nSPS) is 10.7. The number of nitrogens with one attached hydrogen (secondary N) is 1. The van der Waals surface area contributed by atoms with Gasteiger partial charge in [-0.25, -0.2) is 0 Å². The molecule has 0 spiro atoms. The molecular weight excluding hydrogens is 362 g/mol. The fourth-order valence-electron chi connectivity index (χ4n) is 2.80. The largest absolute Gasteiger partial charge is 0.497 e. The van der Waals surface area contributed by atoms with Crippen molar-refractivity contribution in [2.75, 3.05) is 18.2 Å². The van der Waals surface area contributed by atoms with E-state index in [1.165, 1.54) is 17.3 Å². The Morgan fingerprint density at radius 2 is 1.78 bits per heavy atom. The van der Waals surface area contributed by atoms with Gasteiger partial charge < -0.3 is 14.5 Å². The zero-order valence-corrected chi connectivity index (χ0v) is 16.5. The molecule has 1 amide bonds. The Kier molecular flexibility index (Phi) is 5.81. The molecule has 27 heavy (non-hydrogen) atoms. The quantitative estimate of drug-likeness (QED) is 0.636. The topological polar surface area (TPSA) is 77.2 Å². The monoisotopic (exact) mass is 383 g/mol. The van der Waals surface area contributed by atoms with Crippen LogP contribution in [0.25, 0.3) is 11.5 Å². The molecule has 0 radical (unpaired) electrons. The van der Waals surface area contributed by atoms with E-state index < -0.39 is 0 Å². The summed E-state index contributed by atoms with van der Waals surface area (Å²) in [6.07, 6.45) is 0. The standard InChI is InChI=1S/C20H21N3O3S/c1-12-9-13(2)18(14(3)10-12)21-17(24)11-27-20-23-22-19(26-20)15-5-7-16(25-4)8-6-15/h5-10H,11H2,1-4H3,(H,21,24). The van der Waals surface area contributed by atoms with Crippen LogP contribution in [0.15, 0.2) is 46.0 Å². The number of rotatable bonds is 6. The fourth-order valence-corrected chi connectivity index (χ4v) is 3.36. The molecule has 0 saturated carbocycles. The van der Waals surface area contributed by atoms with Crippen molar-refractivity contribution in [1.29, 1.82) is 0 Å². The third-order valence-electron chi connectivity index (χ3n) is 4.01. The van der Waals surface area contributed by atoms with Gasteiger partial charge in [-0.2, -0.15) is 0 Å². The molecule has 0 aliphatic heterocycles. The number of ether oxygens (including phenoxy) is 1. The van der Waals surface area contributed by atoms with Gasteiger partial charge in [0.2, 0.25) is 11.8 Å². The lowest BCUT2D eigenvalue weighted by Crippen LogP contribution is -2.15. The Labute approximate surface area is 162 Å². The van der Waals surface area contributed by atoms with Gasteiger partial charge in [-0.15, -0.1) is 10.2 Å². The van der Waals surface area contributed by atoms with Gasteiger partial charge in [0.25, 0.3) is 5.22 Å². The molecule has 3 rings (SSSR count). The second-order valence-corrected chi connectivity index (χ2v) is 7.14. The minimum absolute atomic E-state index is 0.112. The SMILES string of the molecule is COc1ccc(-c2nnc(SCC(=O)Nc3c(C)cc(C)cc3C)o2)cc1. The maximum absolute atomic E-state index is 12.3. The van der Waals surface area contributed by atoms with Crippen LogP contribution in [0.3, 0.4) is 0 Å². The maximum atomic E-state index is 12.3. The van der Waals surface area contributed by atoms with Crippen molar-refractivity contribution >= 4 is 23.4 Å². The third kappa shape index (κ3) is 4.68. The van der Waals surface area contributed by atoms with E-state index in [4.69, 9.17) is 9.15 Å². The molecule has 0 aliphatic rings. The van der Waals surface area contributed by atoms with Crippen molar-refractivity contribution < 1.29 is 13.9 Å². The molecule has 0 atom stereocenters. The Balaban J connectivity index is 1.60. The molecular formula is C20H21N3O3S. The summed E-state index contributed by atoms with van der Waals surface area (Å²) in [6, 6.07) is 11.4. The Morgan fingerprint density at radius 1 is 1.11 bits per heavy atom. The van der Waals surface area contributed by atoms with Crippen LogP contribution in [0, 0.1) is 20.8 Å². The third-order valence-corrected chi connectivity index (χ3v) is 4.83. The maximum Gasteiger partial charge on any atom is 0.277 e. The predicted octanol–water partition coefficient (Wildman–Crippen LogP) is 4.40. The summed E-state index contributed by atoms with van der Waals surface area (Å²) >= 11 is 1.21. The summed E-state index contributed by atoms with van der Waals surface area (Å²) in [5.41, 5.74) is 4.92. The second-order valence-electron chi connectivity index (χ2n) is 6.21. The number of carbonyl (C=O) groups excluding carboxylic acids is 1. The van der Waals surface area contributed by atoms with Gasteiger partial charge >= 0.3 is 0 Å². The van der Waals surface area contributed by atoms with Gasteiger partial charge in [-0.3, -0.25) is 4.79 Å². The molecule has 3 aromatic rings. The molecule has 1 N–H and O–H groups in total. The number of methoxy groups -OCH3 is 1. The van der Waals surface area contributed by atoms with E-state index in [1.54, 1.807) is 7.11 Å². The van der Waals surface area contributed by atoms with Crippen LogP contribution in [0.4, 0.5) is 5.69 Å². The summed E-state index contributed by atoms with van der Waals surface area (Å²) in [5.74, 6) is 1.24. The number of anilines is 1. The number of benzene rings is 2. The van der Waals surface area contributed by atoms with Crippen LogP contribution in [0.2, 0.25) is 0 Å². The smallest absolute Gasteiger partial charge is 0.277 e. The number of nitrogens with zero attached hydrogens (tertiary/aromatic N) is 2. The first kappa shape index (κ1) is 19.0. The van der Waals surface area contributed by atoms with Crippen LogP contribution in [-0.2, 0) is 4.79 Å². The number of amides is 1. The van der Waals surface area contributed by atoms with Gasteiger partial charge in [0.15, 0.2) is 0 Å². The van der Waals surface area contributed by atoms with E-state index in [0.717, 1.165) is 28.1 Å². The minimum atomic E-state index is -0.112. The second kappa shape index (κ2) is 8.26. The van der Waals surface area contributed by atoms with E-state index in [1.807, 2.05) is 45.0 Å². The lowest BCUT2D eigenvalue weighted by molar-refractivity contribution is -0.113. The van der Waals surface area contributed by atoms with Crippen LogP contribution < -0.4 is 10.1 Å². The van der Waals surface area contributed by atoms with E-state index >= 15 is 0 Å². The number of thioether (sulfide) groups is 1. The lowest BCUT2D eigenvalue weighted by Gasteiger charge is -2.12. The zero-order chi connectivity index (χ0) is 19.4. The molecule has 0 bridgehead atoms. The highest BCUT2D eigenvalue weighted by atomic mass is 32.2. The summed E-state index contributed by atoms with van der Waals surface area (Å²) < 4.78 is 10.8. The predicted molar refractivity (Wildman–Crippen MR) is 106 cm³/mol. The molecule has 0 saturated heterocycles. The first-order valence-corrected chi connectivity index (χ1v) is 9.43. The van der Waals surface area contributed by atoms with E-state index in [-0.39, 0.29) is 11.7 Å². The van der Waals surface area contributed by atoms with Crippen molar-refractivity contribution in [3.8, 4) is 17.2 Å². The average molecular weight is 383 g/mol. The molecule has 1 aromatic heterocycles. The average Bonchev–Trinajstić information content (AvgIpc) is 3.12. The van der Waals surface area contributed by atoms with Crippen molar-refractivity contribution in [3.05, 3.63) is 53.1 Å². The highest BCUT2D eigenvalue weighted by molar-refractivity contribution is 7.99. The molecule has 2 aromatic carbocycles. The van der Waals surface area contributed by atoms with Gasteiger partial charge in [0.05, 0.1) is 12.9 Å². The van der Waals surface area contributed by atoms with Crippen molar-refractivity contribution in [2.45, 2.75) is 26.0 Å². The highest BCUT2D eigenvalue weighted by Gasteiger charge is 2.13. The summed E-state index contributed by atoms with van der Waals surface area (Å²) in [5, 5.41) is 11.3. The van der Waals surface area contributed by atoms with Crippen LogP contribution in [0.1, 0.15) is 16.7 Å². The van der Waals surface area contributed by atoms with E-state index in [2.05, 4.69) is 27.6 Å². The van der Waals surface area contributed by atoms with Gasteiger partial charge in [0.1, 0.15) is 5.75 Å². The van der Waals surface area contributed by atoms with Crippen molar-refractivity contribution in [2.24, 2.45) is 0 Å². The summed E-state index contributed by atoms with van der Waals surface area (Å²) in [6.45, 7) is 6.02. The molecule has 140 valence electrons. The summed E-state index contributed by atoms with van der Waals surface area (Å²) in [4.78, 5) is 12.3. The van der Waals surface area contributed by atoms with Crippen LogP contribution in [0.5, 0.6) is 5.75 Å². The van der Waals surface area contributed by atoms with Crippen LogP contribution >= 0.6 is 11.8 Å².